The third-order valence-electron chi connectivity index (χ3n) is 3.09. The van der Waals surface area contributed by atoms with E-state index < -0.39 is 0 Å². The molecule has 4 nitrogen and oxygen atoms in total. The zero-order valence-electron chi connectivity index (χ0n) is 12.9. The quantitative estimate of drug-likeness (QED) is 0.448. The first kappa shape index (κ1) is 18.4. The van der Waals surface area contributed by atoms with E-state index >= 15 is 0 Å². The van der Waals surface area contributed by atoms with Gasteiger partial charge in [0.1, 0.15) is 0 Å². The second-order valence-electron chi connectivity index (χ2n) is 4.94. The molecule has 0 saturated heterocycles. The van der Waals surface area contributed by atoms with Crippen molar-refractivity contribution in [2.45, 2.75) is 20.1 Å². The summed E-state index contributed by atoms with van der Waals surface area (Å²) >= 11 is 0. The predicted octanol–water partition coefficient (Wildman–Crippen LogP) is 3.69. The number of methoxy groups -OCH3 is 1. The maximum absolute atomic E-state index is 5.89. The van der Waals surface area contributed by atoms with Crippen molar-refractivity contribution in [2.75, 3.05) is 12.4 Å². The Kier molecular flexibility index (Phi) is 7.90. The van der Waals surface area contributed by atoms with Crippen LogP contribution in [0.15, 0.2) is 53.5 Å². The van der Waals surface area contributed by atoms with Crippen LogP contribution >= 0.6 is 24.0 Å². The molecule has 0 radical (unpaired) electrons. The Morgan fingerprint density at radius 1 is 1.05 bits per heavy atom. The summed E-state index contributed by atoms with van der Waals surface area (Å²) in [4.78, 5) is 4.34. The summed E-state index contributed by atoms with van der Waals surface area (Å²) in [7, 11) is 1.69. The zero-order valence-corrected chi connectivity index (χ0v) is 15.2. The number of rotatable bonds is 5. The van der Waals surface area contributed by atoms with Gasteiger partial charge in [-0.1, -0.05) is 42.0 Å². The van der Waals surface area contributed by atoms with E-state index in [2.05, 4.69) is 17.2 Å². The van der Waals surface area contributed by atoms with Gasteiger partial charge in [-0.3, -0.25) is 0 Å². The van der Waals surface area contributed by atoms with E-state index in [1.54, 1.807) is 7.11 Å². The molecule has 2 aromatic rings. The van der Waals surface area contributed by atoms with Crippen molar-refractivity contribution >= 4 is 35.6 Å². The van der Waals surface area contributed by atoms with E-state index in [0.717, 1.165) is 16.8 Å². The van der Waals surface area contributed by atoms with Gasteiger partial charge >= 0.3 is 0 Å². The number of hydrogen-bond donors (Lipinski definition) is 2. The van der Waals surface area contributed by atoms with Crippen molar-refractivity contribution in [3.05, 3.63) is 65.2 Å². The van der Waals surface area contributed by atoms with Gasteiger partial charge in [0.15, 0.2) is 5.96 Å². The lowest BCUT2D eigenvalue weighted by atomic mass is 10.1. The summed E-state index contributed by atoms with van der Waals surface area (Å²) < 4.78 is 5.08. The van der Waals surface area contributed by atoms with Gasteiger partial charge in [-0.2, -0.15) is 0 Å². The molecule has 0 fully saturated rings. The van der Waals surface area contributed by atoms with Crippen LogP contribution in [0.1, 0.15) is 16.7 Å². The van der Waals surface area contributed by atoms with E-state index in [0.29, 0.717) is 19.1 Å². The van der Waals surface area contributed by atoms with Gasteiger partial charge < -0.3 is 15.8 Å². The Balaban J connectivity index is 0.00000242. The lowest BCUT2D eigenvalue weighted by Gasteiger charge is -2.06. The molecule has 0 bridgehead atoms. The first-order valence-corrected chi connectivity index (χ1v) is 6.88. The van der Waals surface area contributed by atoms with Gasteiger partial charge in [-0.15, -0.1) is 24.0 Å². The van der Waals surface area contributed by atoms with Gasteiger partial charge in [0, 0.05) is 12.8 Å². The molecule has 0 aliphatic heterocycles. The van der Waals surface area contributed by atoms with E-state index in [1.807, 2.05) is 48.5 Å². The fourth-order valence-electron chi connectivity index (χ4n) is 1.91. The molecule has 0 unspecified atom stereocenters. The minimum Gasteiger partial charge on any atom is -0.380 e. The average Bonchev–Trinajstić information content (AvgIpc) is 2.49. The van der Waals surface area contributed by atoms with Crippen molar-refractivity contribution in [3.8, 4) is 0 Å². The first-order valence-electron chi connectivity index (χ1n) is 6.88. The van der Waals surface area contributed by atoms with Gasteiger partial charge in [0.2, 0.25) is 0 Å². The minimum atomic E-state index is 0. The highest BCUT2D eigenvalue weighted by atomic mass is 127. The van der Waals surface area contributed by atoms with Gasteiger partial charge in [-0.05, 0) is 30.2 Å². The van der Waals surface area contributed by atoms with Gasteiger partial charge in [0.25, 0.3) is 0 Å². The molecule has 0 aromatic heterocycles. The summed E-state index contributed by atoms with van der Waals surface area (Å²) in [6.45, 7) is 3.23. The summed E-state index contributed by atoms with van der Waals surface area (Å²) in [5, 5.41) is 3.08. The summed E-state index contributed by atoms with van der Waals surface area (Å²) in [5.41, 5.74) is 10.3. The molecule has 118 valence electrons. The third kappa shape index (κ3) is 6.03. The number of hydrogen-bond acceptors (Lipinski definition) is 2. The fourth-order valence-corrected chi connectivity index (χ4v) is 1.91. The number of aryl methyl sites for hydroxylation is 1. The van der Waals surface area contributed by atoms with Gasteiger partial charge in [0.05, 0.1) is 13.2 Å². The molecule has 0 spiro atoms. The predicted molar refractivity (Wildman–Crippen MR) is 103 cm³/mol. The Labute approximate surface area is 148 Å². The molecular formula is C17H22IN3O. The molecule has 0 amide bonds. The van der Waals surface area contributed by atoms with E-state index in [9.17, 15) is 0 Å². The standard InChI is InChI=1S/C17H21N3O.HI/c1-13-3-9-16(10-4-13)20-17(18)19-11-14-5-7-15(8-6-14)12-21-2;/h3-10H,11-12H2,1-2H3,(H3,18,19,20);1H. The number of ether oxygens (including phenoxy) is 1. The maximum atomic E-state index is 5.89. The number of benzene rings is 2. The maximum Gasteiger partial charge on any atom is 0.193 e. The van der Waals surface area contributed by atoms with E-state index in [4.69, 9.17) is 10.5 Å². The smallest absolute Gasteiger partial charge is 0.193 e. The Morgan fingerprint density at radius 2 is 1.64 bits per heavy atom. The number of nitrogens with one attached hydrogen (secondary N) is 1. The monoisotopic (exact) mass is 411 g/mol. The highest BCUT2D eigenvalue weighted by Crippen LogP contribution is 2.09. The van der Waals surface area contributed by atoms with Crippen LogP contribution in [-0.4, -0.2) is 13.1 Å². The number of aliphatic imine (C=N–C) groups is 1. The Morgan fingerprint density at radius 3 is 2.23 bits per heavy atom. The molecule has 0 heterocycles. The fraction of sp³-hybridized carbons (Fsp3) is 0.235. The van der Waals surface area contributed by atoms with E-state index in [1.165, 1.54) is 5.56 Å². The van der Waals surface area contributed by atoms with Crippen LogP contribution < -0.4 is 11.1 Å². The molecule has 5 heteroatoms. The van der Waals surface area contributed by atoms with Crippen LogP contribution in [0.25, 0.3) is 0 Å². The lowest BCUT2D eigenvalue weighted by Crippen LogP contribution is -2.22. The van der Waals surface area contributed by atoms with Crippen molar-refractivity contribution < 1.29 is 4.74 Å². The average molecular weight is 411 g/mol. The van der Waals surface area contributed by atoms with Crippen LogP contribution in [0.5, 0.6) is 0 Å². The van der Waals surface area contributed by atoms with Crippen LogP contribution in [-0.2, 0) is 17.9 Å². The number of guanidine groups is 1. The summed E-state index contributed by atoms with van der Waals surface area (Å²) in [5.74, 6) is 0.417. The molecule has 2 rings (SSSR count). The lowest BCUT2D eigenvalue weighted by molar-refractivity contribution is 0.185. The van der Waals surface area contributed by atoms with Crippen molar-refractivity contribution in [1.29, 1.82) is 0 Å². The molecule has 0 aliphatic carbocycles. The molecular weight excluding hydrogens is 389 g/mol. The largest absolute Gasteiger partial charge is 0.380 e. The normalized spacial score (nSPS) is 10.9. The van der Waals surface area contributed by atoms with Crippen LogP contribution in [0, 0.1) is 6.92 Å². The Hall–Kier alpha value is -1.60. The summed E-state index contributed by atoms with van der Waals surface area (Å²) in [6, 6.07) is 16.2. The topological polar surface area (TPSA) is 59.6 Å². The number of nitrogens with two attached hydrogens (primary N) is 1. The molecule has 0 saturated carbocycles. The number of anilines is 1. The van der Waals surface area contributed by atoms with Crippen molar-refractivity contribution in [3.63, 3.8) is 0 Å². The SMILES string of the molecule is COCc1ccc(CN=C(N)Nc2ccc(C)cc2)cc1.I. The first-order chi connectivity index (χ1) is 10.2. The van der Waals surface area contributed by atoms with Crippen LogP contribution in [0.2, 0.25) is 0 Å². The number of halogens is 1. The second kappa shape index (κ2) is 9.42. The third-order valence-corrected chi connectivity index (χ3v) is 3.09. The van der Waals surface area contributed by atoms with Crippen LogP contribution in [0.4, 0.5) is 5.69 Å². The zero-order chi connectivity index (χ0) is 15.1. The molecule has 0 atom stereocenters. The van der Waals surface area contributed by atoms with Gasteiger partial charge in [-0.25, -0.2) is 4.99 Å². The summed E-state index contributed by atoms with van der Waals surface area (Å²) in [6.07, 6.45) is 0. The van der Waals surface area contributed by atoms with E-state index in [-0.39, 0.29) is 24.0 Å². The van der Waals surface area contributed by atoms with Crippen molar-refractivity contribution in [2.24, 2.45) is 10.7 Å². The highest BCUT2D eigenvalue weighted by molar-refractivity contribution is 14.0. The highest BCUT2D eigenvalue weighted by Gasteiger charge is 1.97. The minimum absolute atomic E-state index is 0. The van der Waals surface area contributed by atoms with Crippen molar-refractivity contribution in [1.82, 2.24) is 0 Å². The second-order valence-corrected chi connectivity index (χ2v) is 4.94. The van der Waals surface area contributed by atoms with Crippen LogP contribution in [0.3, 0.4) is 0 Å². The number of nitrogens with zero attached hydrogens (tertiary/aromatic N) is 1. The molecule has 2 aromatic carbocycles. The molecule has 0 aliphatic rings. The Bertz CT molecular complexity index is 594. The molecule has 3 N–H and O–H groups in total. The molecule has 22 heavy (non-hydrogen) atoms.